The number of hydrogen-bond acceptors (Lipinski definition) is 1. The highest BCUT2D eigenvalue weighted by Crippen LogP contribution is 2.47. The monoisotopic (exact) mass is 325 g/mol. The van der Waals surface area contributed by atoms with Crippen LogP contribution in [0.15, 0.2) is 24.3 Å². The average molecular weight is 327 g/mol. The van der Waals surface area contributed by atoms with Crippen LogP contribution in [0.5, 0.6) is 0 Å². The summed E-state index contributed by atoms with van der Waals surface area (Å²) in [7, 11) is 0. The quantitative estimate of drug-likeness (QED) is 0.656. The average Bonchev–Trinajstić information content (AvgIpc) is 2.65. The minimum absolute atomic E-state index is 0.145. The molecule has 0 bridgehead atoms. The van der Waals surface area contributed by atoms with Crippen LogP contribution in [0.1, 0.15) is 18.1 Å². The van der Waals surface area contributed by atoms with E-state index in [0.29, 0.717) is 27.2 Å². The van der Waals surface area contributed by atoms with E-state index in [1.807, 2.05) is 12.1 Å². The number of amides is 1. The first-order valence-corrected chi connectivity index (χ1v) is 7.17. The lowest BCUT2D eigenvalue weighted by molar-refractivity contribution is -0.114. The largest absolute Gasteiger partial charge is 0.326 e. The smallest absolute Gasteiger partial charge is 0.221 e. The van der Waals surface area contributed by atoms with Crippen molar-refractivity contribution in [3.63, 3.8) is 0 Å². The Bertz CT molecular complexity index is 740. The number of benzene rings is 2. The van der Waals surface area contributed by atoms with Crippen molar-refractivity contribution in [2.75, 3.05) is 5.32 Å². The highest BCUT2D eigenvalue weighted by Gasteiger charge is 2.25. The van der Waals surface area contributed by atoms with Gasteiger partial charge >= 0.3 is 0 Å². The molecule has 0 radical (unpaired) electrons. The van der Waals surface area contributed by atoms with Gasteiger partial charge in [-0.15, -0.1) is 0 Å². The summed E-state index contributed by atoms with van der Waals surface area (Å²) in [5, 5.41) is 4.59. The lowest BCUT2D eigenvalue weighted by Gasteiger charge is -2.12. The van der Waals surface area contributed by atoms with Gasteiger partial charge < -0.3 is 5.32 Å². The molecule has 0 saturated carbocycles. The molecule has 102 valence electrons. The second-order valence-corrected chi connectivity index (χ2v) is 6.05. The Balaban J connectivity index is 2.27. The summed E-state index contributed by atoms with van der Waals surface area (Å²) < 4.78 is 0. The molecule has 0 heterocycles. The highest BCUT2D eigenvalue weighted by molar-refractivity contribution is 6.37. The fourth-order valence-corrected chi connectivity index (χ4v) is 3.51. The normalized spacial score (nSPS) is 12.0. The van der Waals surface area contributed by atoms with Crippen LogP contribution in [-0.2, 0) is 11.2 Å². The van der Waals surface area contributed by atoms with E-state index in [4.69, 9.17) is 34.8 Å². The zero-order valence-corrected chi connectivity index (χ0v) is 12.8. The van der Waals surface area contributed by atoms with Crippen molar-refractivity contribution in [3.8, 4) is 11.1 Å². The first-order valence-electron chi connectivity index (χ1n) is 6.04. The van der Waals surface area contributed by atoms with Crippen LogP contribution in [0.3, 0.4) is 0 Å². The molecule has 2 nitrogen and oxygen atoms in total. The lowest BCUT2D eigenvalue weighted by atomic mass is 10.0. The zero-order chi connectivity index (χ0) is 14.4. The molecule has 0 fully saturated rings. The van der Waals surface area contributed by atoms with E-state index in [0.717, 1.165) is 22.3 Å². The summed E-state index contributed by atoms with van der Waals surface area (Å²) in [5.74, 6) is -0.145. The van der Waals surface area contributed by atoms with E-state index in [2.05, 4.69) is 5.32 Å². The Hall–Kier alpha value is -1.22. The minimum Gasteiger partial charge on any atom is -0.326 e. The van der Waals surface area contributed by atoms with Crippen LogP contribution in [-0.4, -0.2) is 5.91 Å². The third-order valence-electron chi connectivity index (χ3n) is 3.26. The maximum atomic E-state index is 11.4. The third kappa shape index (κ3) is 2.28. The number of rotatable bonds is 1. The molecule has 1 N–H and O–H groups in total. The van der Waals surface area contributed by atoms with E-state index < -0.39 is 0 Å². The molecular weight excluding hydrogens is 317 g/mol. The second-order valence-electron chi connectivity index (χ2n) is 4.77. The van der Waals surface area contributed by atoms with Crippen LogP contribution in [0.25, 0.3) is 11.1 Å². The first kappa shape index (κ1) is 13.7. The van der Waals surface area contributed by atoms with Gasteiger partial charge in [-0.1, -0.05) is 34.8 Å². The zero-order valence-electron chi connectivity index (χ0n) is 10.6. The van der Waals surface area contributed by atoms with Crippen LogP contribution < -0.4 is 5.32 Å². The molecule has 2 aromatic rings. The third-order valence-corrected chi connectivity index (χ3v) is 4.00. The Morgan fingerprint density at radius 3 is 2.25 bits per heavy atom. The van der Waals surface area contributed by atoms with Crippen molar-refractivity contribution in [2.45, 2.75) is 13.3 Å². The number of anilines is 1. The predicted molar refractivity (Wildman–Crippen MR) is 84.0 cm³/mol. The number of hydrogen-bond donors (Lipinski definition) is 1. The van der Waals surface area contributed by atoms with Gasteiger partial charge in [-0.05, 0) is 41.8 Å². The van der Waals surface area contributed by atoms with E-state index in [1.54, 1.807) is 12.1 Å². The van der Waals surface area contributed by atoms with Gasteiger partial charge in [-0.25, -0.2) is 0 Å². The van der Waals surface area contributed by atoms with Gasteiger partial charge in [0.15, 0.2) is 0 Å². The van der Waals surface area contributed by atoms with E-state index in [-0.39, 0.29) is 5.91 Å². The summed E-state index contributed by atoms with van der Waals surface area (Å²) in [6.45, 7) is 1.46. The number of carbonyl (C=O) groups is 1. The molecular formula is C15H10Cl3NO. The topological polar surface area (TPSA) is 29.1 Å². The van der Waals surface area contributed by atoms with Gasteiger partial charge in [0.05, 0.1) is 10.7 Å². The van der Waals surface area contributed by atoms with Crippen molar-refractivity contribution in [1.82, 2.24) is 0 Å². The van der Waals surface area contributed by atoms with Crippen molar-refractivity contribution in [2.24, 2.45) is 0 Å². The first-order chi connectivity index (χ1) is 9.45. The molecule has 1 aliphatic carbocycles. The Morgan fingerprint density at radius 1 is 1.00 bits per heavy atom. The maximum Gasteiger partial charge on any atom is 0.221 e. The fourth-order valence-electron chi connectivity index (χ4n) is 2.64. The number of halogens is 3. The van der Waals surface area contributed by atoms with Gasteiger partial charge in [0.2, 0.25) is 5.91 Å². The second kappa shape index (κ2) is 4.96. The molecule has 5 heteroatoms. The van der Waals surface area contributed by atoms with Crippen LogP contribution in [0.4, 0.5) is 5.69 Å². The number of fused-ring (bicyclic) bond motifs is 3. The van der Waals surface area contributed by atoms with Gasteiger partial charge in [0, 0.05) is 28.1 Å². The summed E-state index contributed by atoms with van der Waals surface area (Å²) in [6, 6.07) is 7.24. The molecule has 0 aromatic heterocycles. The van der Waals surface area contributed by atoms with Crippen LogP contribution in [0.2, 0.25) is 15.1 Å². The minimum atomic E-state index is -0.145. The molecule has 1 amide bonds. The van der Waals surface area contributed by atoms with E-state index in [9.17, 15) is 4.79 Å². The predicted octanol–water partition coefficient (Wildman–Crippen LogP) is 5.18. The molecule has 0 unspecified atom stereocenters. The van der Waals surface area contributed by atoms with Crippen molar-refractivity contribution in [3.05, 3.63) is 50.5 Å². The molecule has 2 aromatic carbocycles. The van der Waals surface area contributed by atoms with Crippen molar-refractivity contribution < 1.29 is 4.79 Å². The van der Waals surface area contributed by atoms with Gasteiger partial charge in [-0.2, -0.15) is 0 Å². The molecule has 0 saturated heterocycles. The Morgan fingerprint density at radius 2 is 1.60 bits per heavy atom. The van der Waals surface area contributed by atoms with E-state index in [1.165, 1.54) is 6.92 Å². The molecule has 0 spiro atoms. The van der Waals surface area contributed by atoms with Crippen molar-refractivity contribution in [1.29, 1.82) is 0 Å². The van der Waals surface area contributed by atoms with Crippen molar-refractivity contribution >= 4 is 46.4 Å². The summed E-state index contributed by atoms with van der Waals surface area (Å²) in [6.07, 6.45) is 0.706. The van der Waals surface area contributed by atoms with Crippen LogP contribution >= 0.6 is 34.8 Å². The molecule has 0 atom stereocenters. The van der Waals surface area contributed by atoms with Gasteiger partial charge in [0.1, 0.15) is 0 Å². The Labute approximate surface area is 131 Å². The highest BCUT2D eigenvalue weighted by atomic mass is 35.5. The molecule has 1 aliphatic rings. The standard InChI is InChI=1S/C15H10Cl3NO/c1-7(20)19-13-6-11(17)4-9-2-8-3-10(16)5-12(18)14(8)15(9)13/h3-6H,2H2,1H3,(H,19,20). The molecule has 3 rings (SSSR count). The summed E-state index contributed by atoms with van der Waals surface area (Å²) in [5.41, 5.74) is 4.63. The maximum absolute atomic E-state index is 11.4. The van der Waals surface area contributed by atoms with Gasteiger partial charge in [-0.3, -0.25) is 4.79 Å². The molecule has 20 heavy (non-hydrogen) atoms. The van der Waals surface area contributed by atoms with E-state index >= 15 is 0 Å². The number of carbonyl (C=O) groups excluding carboxylic acids is 1. The van der Waals surface area contributed by atoms with Gasteiger partial charge in [0.25, 0.3) is 0 Å². The summed E-state index contributed by atoms with van der Waals surface area (Å²) in [4.78, 5) is 11.4. The molecule has 0 aliphatic heterocycles. The number of nitrogens with one attached hydrogen (secondary N) is 1. The SMILES string of the molecule is CC(=O)Nc1cc(Cl)cc2c1-c1c(Cl)cc(Cl)cc1C2. The fraction of sp³-hybridized carbons (Fsp3) is 0.133. The lowest BCUT2D eigenvalue weighted by Crippen LogP contribution is -2.07. The Kier molecular flexibility index (Phi) is 3.41. The van der Waals surface area contributed by atoms with Crippen LogP contribution in [0, 0.1) is 0 Å². The summed E-state index contributed by atoms with van der Waals surface area (Å²) >= 11 is 18.5.